The predicted octanol–water partition coefficient (Wildman–Crippen LogP) is 2.46. The normalized spacial score (nSPS) is 13.2. The fraction of sp³-hybridized carbons (Fsp3) is 0.538. The number of nitrogens with one attached hydrogen (secondary N) is 1. The zero-order valence-corrected chi connectivity index (χ0v) is 13.0. The summed E-state index contributed by atoms with van der Waals surface area (Å²) < 4.78 is 32.0. The first-order valence-electron chi connectivity index (χ1n) is 6.35. The van der Waals surface area contributed by atoms with Crippen LogP contribution in [-0.2, 0) is 10.0 Å². The Kier molecular flexibility index (Phi) is 6.68. The summed E-state index contributed by atoms with van der Waals surface area (Å²) in [4.78, 5) is 0.240. The van der Waals surface area contributed by atoms with E-state index in [1.54, 1.807) is 31.2 Å². The molecule has 0 unspecified atom stereocenters. The predicted molar refractivity (Wildman–Crippen MR) is 80.5 cm³/mol. The summed E-state index contributed by atoms with van der Waals surface area (Å²) >= 11 is 4.06. The Morgan fingerprint density at radius 2 is 1.95 bits per heavy atom. The molecular weight excluding hydrogens is 282 g/mol. The highest BCUT2D eigenvalue weighted by molar-refractivity contribution is 7.89. The van der Waals surface area contributed by atoms with E-state index in [2.05, 4.69) is 24.3 Å². The van der Waals surface area contributed by atoms with Crippen molar-refractivity contribution in [1.29, 1.82) is 0 Å². The molecule has 108 valence electrons. The van der Waals surface area contributed by atoms with Gasteiger partial charge in [0.2, 0.25) is 10.0 Å². The van der Waals surface area contributed by atoms with Crippen LogP contribution in [-0.4, -0.2) is 26.8 Å². The van der Waals surface area contributed by atoms with E-state index in [-0.39, 0.29) is 10.9 Å². The highest BCUT2D eigenvalue weighted by atomic mass is 32.2. The molecule has 4 nitrogen and oxygen atoms in total. The smallest absolute Gasteiger partial charge is 0.240 e. The van der Waals surface area contributed by atoms with E-state index in [9.17, 15) is 8.42 Å². The molecule has 1 aromatic carbocycles. The number of thiol groups is 1. The second-order valence-electron chi connectivity index (χ2n) is 4.38. The van der Waals surface area contributed by atoms with Crippen molar-refractivity contribution in [3.8, 4) is 5.75 Å². The van der Waals surface area contributed by atoms with Crippen LogP contribution in [0.4, 0.5) is 0 Å². The van der Waals surface area contributed by atoms with E-state index in [4.69, 9.17) is 4.74 Å². The molecule has 0 amide bonds. The number of rotatable bonds is 8. The molecule has 1 atom stereocenters. The van der Waals surface area contributed by atoms with Crippen molar-refractivity contribution in [1.82, 2.24) is 4.72 Å². The van der Waals surface area contributed by atoms with Gasteiger partial charge in [-0.3, -0.25) is 0 Å². The van der Waals surface area contributed by atoms with Crippen molar-refractivity contribution in [2.45, 2.75) is 37.6 Å². The Labute approximate surface area is 121 Å². The quantitative estimate of drug-likeness (QED) is 0.573. The lowest BCUT2D eigenvalue weighted by Crippen LogP contribution is -2.33. The first-order valence-corrected chi connectivity index (χ1v) is 8.47. The molecule has 0 bridgehead atoms. The second kappa shape index (κ2) is 7.77. The van der Waals surface area contributed by atoms with Gasteiger partial charge in [0, 0.05) is 11.8 Å². The third-order valence-corrected chi connectivity index (χ3v) is 4.68. The number of hydrogen-bond acceptors (Lipinski definition) is 4. The van der Waals surface area contributed by atoms with Crippen molar-refractivity contribution in [2.75, 3.05) is 12.4 Å². The van der Waals surface area contributed by atoms with Crippen LogP contribution in [0, 0.1) is 0 Å². The van der Waals surface area contributed by atoms with E-state index in [0.717, 1.165) is 12.8 Å². The number of hydrogen-bond donors (Lipinski definition) is 2. The SMILES string of the molecule is CCCCOc1ccc(S(=O)(=O)N[C@H](C)CS)cc1. The lowest BCUT2D eigenvalue weighted by molar-refractivity contribution is 0.309. The summed E-state index contributed by atoms with van der Waals surface area (Å²) in [6, 6.07) is 6.25. The van der Waals surface area contributed by atoms with Crippen molar-refractivity contribution >= 4 is 22.7 Å². The van der Waals surface area contributed by atoms with Gasteiger partial charge in [-0.2, -0.15) is 12.6 Å². The molecule has 1 aromatic rings. The van der Waals surface area contributed by atoms with Gasteiger partial charge in [0.15, 0.2) is 0 Å². The fourth-order valence-electron chi connectivity index (χ4n) is 1.42. The Balaban J connectivity index is 2.69. The molecule has 19 heavy (non-hydrogen) atoms. The Morgan fingerprint density at radius 1 is 1.32 bits per heavy atom. The summed E-state index contributed by atoms with van der Waals surface area (Å²) in [5, 5.41) is 0. The zero-order chi connectivity index (χ0) is 14.3. The zero-order valence-electron chi connectivity index (χ0n) is 11.3. The largest absolute Gasteiger partial charge is 0.494 e. The third-order valence-electron chi connectivity index (χ3n) is 2.53. The van der Waals surface area contributed by atoms with E-state index in [0.29, 0.717) is 18.1 Å². The fourth-order valence-corrected chi connectivity index (χ4v) is 2.88. The van der Waals surface area contributed by atoms with Crippen LogP contribution >= 0.6 is 12.6 Å². The number of benzene rings is 1. The highest BCUT2D eigenvalue weighted by Crippen LogP contribution is 2.16. The Bertz CT molecular complexity index is 471. The van der Waals surface area contributed by atoms with Crippen molar-refractivity contribution in [2.24, 2.45) is 0 Å². The van der Waals surface area contributed by atoms with E-state index >= 15 is 0 Å². The van der Waals surface area contributed by atoms with Gasteiger partial charge in [0.05, 0.1) is 11.5 Å². The van der Waals surface area contributed by atoms with Gasteiger partial charge in [0.1, 0.15) is 5.75 Å². The van der Waals surface area contributed by atoms with Gasteiger partial charge in [0.25, 0.3) is 0 Å². The molecule has 0 aliphatic carbocycles. The first kappa shape index (κ1) is 16.3. The van der Waals surface area contributed by atoms with Gasteiger partial charge in [-0.05, 0) is 37.6 Å². The summed E-state index contributed by atoms with van der Waals surface area (Å²) in [6.45, 7) is 4.51. The van der Waals surface area contributed by atoms with E-state index in [1.807, 2.05) is 0 Å². The van der Waals surface area contributed by atoms with Crippen LogP contribution in [0.2, 0.25) is 0 Å². The molecule has 0 radical (unpaired) electrons. The minimum atomic E-state index is -3.47. The van der Waals surface area contributed by atoms with Gasteiger partial charge in [-0.25, -0.2) is 13.1 Å². The van der Waals surface area contributed by atoms with Crippen molar-refractivity contribution < 1.29 is 13.2 Å². The number of sulfonamides is 1. The molecule has 6 heteroatoms. The summed E-state index contributed by atoms with van der Waals surface area (Å²) in [5.74, 6) is 1.15. The van der Waals surface area contributed by atoms with E-state index in [1.165, 1.54) is 0 Å². The minimum absolute atomic E-state index is 0.200. The van der Waals surface area contributed by atoms with Crippen molar-refractivity contribution in [3.05, 3.63) is 24.3 Å². The molecule has 0 aromatic heterocycles. The minimum Gasteiger partial charge on any atom is -0.494 e. The lowest BCUT2D eigenvalue weighted by Gasteiger charge is -2.12. The molecule has 0 spiro atoms. The average Bonchev–Trinajstić information content (AvgIpc) is 2.39. The monoisotopic (exact) mass is 303 g/mol. The summed E-state index contributed by atoms with van der Waals surface area (Å²) in [6.07, 6.45) is 2.05. The standard InChI is InChI=1S/C13H21NO3S2/c1-3-4-9-17-12-5-7-13(8-6-12)19(15,16)14-11(2)10-18/h5-8,11,14,18H,3-4,9-10H2,1-2H3/t11-/m1/s1. The molecular formula is C13H21NO3S2. The van der Waals surface area contributed by atoms with Gasteiger partial charge in [-0.1, -0.05) is 13.3 Å². The van der Waals surface area contributed by atoms with Crippen LogP contribution in [0.1, 0.15) is 26.7 Å². The molecule has 0 saturated heterocycles. The molecule has 0 aliphatic rings. The summed E-state index contributed by atoms with van der Waals surface area (Å²) in [5.41, 5.74) is 0. The third kappa shape index (κ3) is 5.42. The topological polar surface area (TPSA) is 55.4 Å². The molecule has 1 rings (SSSR count). The number of ether oxygens (including phenoxy) is 1. The van der Waals surface area contributed by atoms with E-state index < -0.39 is 10.0 Å². The molecule has 0 saturated carbocycles. The van der Waals surface area contributed by atoms with Crippen LogP contribution < -0.4 is 9.46 Å². The highest BCUT2D eigenvalue weighted by Gasteiger charge is 2.16. The van der Waals surface area contributed by atoms with Gasteiger partial charge >= 0.3 is 0 Å². The average molecular weight is 303 g/mol. The maximum absolute atomic E-state index is 12.0. The molecule has 0 heterocycles. The Morgan fingerprint density at radius 3 is 2.47 bits per heavy atom. The summed E-state index contributed by atoms with van der Waals surface area (Å²) in [7, 11) is -3.47. The second-order valence-corrected chi connectivity index (χ2v) is 6.46. The van der Waals surface area contributed by atoms with Crippen LogP contribution in [0.25, 0.3) is 0 Å². The maximum atomic E-state index is 12.0. The Hall–Kier alpha value is -0.720. The first-order chi connectivity index (χ1) is 8.99. The van der Waals surface area contributed by atoms with Gasteiger partial charge in [-0.15, -0.1) is 0 Å². The number of unbranched alkanes of at least 4 members (excludes halogenated alkanes) is 1. The van der Waals surface area contributed by atoms with Crippen LogP contribution in [0.15, 0.2) is 29.2 Å². The molecule has 1 N–H and O–H groups in total. The maximum Gasteiger partial charge on any atom is 0.240 e. The lowest BCUT2D eigenvalue weighted by atomic mass is 10.3. The van der Waals surface area contributed by atoms with Crippen LogP contribution in [0.3, 0.4) is 0 Å². The van der Waals surface area contributed by atoms with Gasteiger partial charge < -0.3 is 4.74 Å². The van der Waals surface area contributed by atoms with Crippen molar-refractivity contribution in [3.63, 3.8) is 0 Å². The van der Waals surface area contributed by atoms with Crippen LogP contribution in [0.5, 0.6) is 5.75 Å². The molecule has 0 aliphatic heterocycles. The molecule has 0 fully saturated rings.